The fourth-order valence-electron chi connectivity index (χ4n) is 6.33. The lowest BCUT2D eigenvalue weighted by molar-refractivity contribution is -0.121. The highest BCUT2D eigenvalue weighted by atomic mass is 32.2. The molecular weight excluding hydrogens is 589 g/mol. The van der Waals surface area contributed by atoms with Crippen molar-refractivity contribution in [2.45, 2.75) is 63.7 Å². The van der Waals surface area contributed by atoms with Crippen molar-refractivity contribution < 1.29 is 32.0 Å². The fraction of sp³-hybridized carbons (Fsp3) is 0.613. The number of aliphatic hydroxyl groups is 1. The summed E-state index contributed by atoms with van der Waals surface area (Å²) in [6.07, 6.45) is 3.14. The van der Waals surface area contributed by atoms with Crippen LogP contribution in [-0.2, 0) is 31.5 Å². The van der Waals surface area contributed by atoms with Gasteiger partial charge < -0.3 is 20.1 Å². The normalized spacial score (nSPS) is 25.7. The molecule has 1 aromatic heterocycles. The number of amides is 1. The molecule has 0 spiro atoms. The molecule has 3 aliphatic heterocycles. The van der Waals surface area contributed by atoms with Crippen molar-refractivity contribution in [3.8, 4) is 0 Å². The quantitative estimate of drug-likeness (QED) is 0.386. The number of ether oxygens (including phenoxy) is 1. The maximum Gasteiger partial charge on any atom is 0.261 e. The van der Waals surface area contributed by atoms with Crippen molar-refractivity contribution in [2.24, 2.45) is 0 Å². The first-order chi connectivity index (χ1) is 20.7. The lowest BCUT2D eigenvalue weighted by Gasteiger charge is -2.44. The van der Waals surface area contributed by atoms with Gasteiger partial charge in [-0.1, -0.05) is 26.0 Å². The number of halogens is 1. The van der Waals surface area contributed by atoms with Gasteiger partial charge in [-0.3, -0.25) is 24.1 Å². The molecule has 2 aromatic rings. The predicted octanol–water partition coefficient (Wildman–Crippen LogP) is 1.68. The molecule has 2 fully saturated rings. The van der Waals surface area contributed by atoms with Gasteiger partial charge in [0.2, 0.25) is 5.91 Å². The number of carbonyl (C=O) groups is 1. The SMILES string of the molecule is CS(=O)(=O)O.C[C@@H]1CN(CC(=O)N2c3cc(Cc4ccc(F)cc4)cnc3C(C)(C)C2CO)[C@@H](CN2CCOC[C@H]2C)CN1. The number of pyridine rings is 1. The molecule has 0 aliphatic carbocycles. The Kier molecular flexibility index (Phi) is 11.1. The van der Waals surface area contributed by atoms with Gasteiger partial charge in [-0.05, 0) is 49.6 Å². The van der Waals surface area contributed by atoms with Gasteiger partial charge in [0.15, 0.2) is 0 Å². The molecule has 1 unspecified atom stereocenters. The Hall–Kier alpha value is -2.52. The smallest absolute Gasteiger partial charge is 0.261 e. The average molecular weight is 636 g/mol. The van der Waals surface area contributed by atoms with Crippen molar-refractivity contribution in [2.75, 3.05) is 63.7 Å². The summed E-state index contributed by atoms with van der Waals surface area (Å²) in [5, 5.41) is 14.1. The Bertz CT molecular complexity index is 1380. The van der Waals surface area contributed by atoms with Gasteiger partial charge in [-0.15, -0.1) is 0 Å². The lowest BCUT2D eigenvalue weighted by atomic mass is 9.83. The molecule has 4 heterocycles. The molecule has 3 N–H and O–H groups in total. The van der Waals surface area contributed by atoms with Crippen LogP contribution in [0.4, 0.5) is 10.1 Å². The molecule has 0 bridgehead atoms. The van der Waals surface area contributed by atoms with E-state index in [1.54, 1.807) is 17.0 Å². The number of nitrogens with one attached hydrogen (secondary N) is 1. The molecule has 5 rings (SSSR count). The molecule has 44 heavy (non-hydrogen) atoms. The number of nitrogens with zero attached hydrogens (tertiary/aromatic N) is 4. The molecule has 13 heteroatoms. The second kappa shape index (κ2) is 14.3. The van der Waals surface area contributed by atoms with E-state index in [2.05, 4.69) is 29.0 Å². The Morgan fingerprint density at radius 1 is 1.18 bits per heavy atom. The first-order valence-electron chi connectivity index (χ1n) is 15.1. The van der Waals surface area contributed by atoms with E-state index in [4.69, 9.17) is 14.3 Å². The minimum absolute atomic E-state index is 0.0178. The number of aliphatic hydroxyl groups excluding tert-OH is 1. The number of morpholine rings is 1. The zero-order valence-corrected chi connectivity index (χ0v) is 27.1. The molecule has 4 atom stereocenters. The van der Waals surface area contributed by atoms with Crippen molar-refractivity contribution in [3.63, 3.8) is 0 Å². The maximum absolute atomic E-state index is 14.1. The van der Waals surface area contributed by atoms with Gasteiger partial charge in [0, 0.05) is 55.9 Å². The van der Waals surface area contributed by atoms with E-state index in [-0.39, 0.29) is 37.0 Å². The minimum atomic E-state index is -3.67. The first kappa shape index (κ1) is 34.4. The molecule has 1 aromatic carbocycles. The molecule has 2 saturated heterocycles. The second-order valence-corrected chi connectivity index (χ2v) is 14.2. The molecule has 11 nitrogen and oxygen atoms in total. The standard InChI is InChI=1S/C30H42FN5O3.CH4O3S/c1-20-15-35(25(14-32-20)16-34-9-10-39-19-21(34)2)17-28(38)36-26-12-23(11-22-5-7-24(31)8-6-22)13-33-29(26)30(3,4)27(36)18-37;1-5(2,3)4/h5-8,12-13,20-21,25,27,32,37H,9-11,14-19H2,1-4H3;1H3,(H,2,3,4)/t20-,21-,25-,27?;/m1./s1. The van der Waals surface area contributed by atoms with Gasteiger partial charge in [0.25, 0.3) is 10.1 Å². The zero-order chi connectivity index (χ0) is 32.2. The number of piperazine rings is 1. The van der Waals surface area contributed by atoms with Crippen molar-refractivity contribution in [1.82, 2.24) is 20.1 Å². The summed E-state index contributed by atoms with van der Waals surface area (Å²) in [5.74, 6) is -0.283. The number of hydrogen-bond donors (Lipinski definition) is 3. The van der Waals surface area contributed by atoms with Crippen LogP contribution >= 0.6 is 0 Å². The summed E-state index contributed by atoms with van der Waals surface area (Å²) >= 11 is 0. The third-order valence-electron chi connectivity index (χ3n) is 8.72. The monoisotopic (exact) mass is 635 g/mol. The second-order valence-electron chi connectivity index (χ2n) is 12.7. The third kappa shape index (κ3) is 8.59. The van der Waals surface area contributed by atoms with E-state index in [0.717, 1.165) is 61.9 Å². The highest BCUT2D eigenvalue weighted by molar-refractivity contribution is 7.85. The molecular formula is C31H46FN5O6S. The summed E-state index contributed by atoms with van der Waals surface area (Å²) in [5.41, 5.74) is 3.02. The first-order valence-corrected chi connectivity index (χ1v) is 16.9. The number of carbonyl (C=O) groups excluding carboxylic acids is 1. The van der Waals surface area contributed by atoms with Gasteiger partial charge in [-0.2, -0.15) is 8.42 Å². The summed E-state index contributed by atoms with van der Waals surface area (Å²) in [6, 6.07) is 8.93. The fourth-order valence-corrected chi connectivity index (χ4v) is 6.33. The van der Waals surface area contributed by atoms with Crippen LogP contribution < -0.4 is 10.2 Å². The van der Waals surface area contributed by atoms with E-state index in [1.165, 1.54) is 12.1 Å². The predicted molar refractivity (Wildman–Crippen MR) is 167 cm³/mol. The minimum Gasteiger partial charge on any atom is -0.394 e. The third-order valence-corrected chi connectivity index (χ3v) is 8.72. The highest BCUT2D eigenvalue weighted by Crippen LogP contribution is 2.44. The Morgan fingerprint density at radius 3 is 2.50 bits per heavy atom. The van der Waals surface area contributed by atoms with Crippen molar-refractivity contribution in [1.29, 1.82) is 0 Å². The molecule has 0 saturated carbocycles. The number of rotatable bonds is 7. The van der Waals surface area contributed by atoms with Gasteiger partial charge in [-0.25, -0.2) is 4.39 Å². The number of hydrogen-bond acceptors (Lipinski definition) is 9. The van der Waals surface area contributed by atoms with Crippen molar-refractivity contribution in [3.05, 3.63) is 59.2 Å². The van der Waals surface area contributed by atoms with Crippen molar-refractivity contribution >= 4 is 21.7 Å². The summed E-state index contributed by atoms with van der Waals surface area (Å²) in [7, 11) is -3.67. The molecule has 1 amide bonds. The van der Waals surface area contributed by atoms with Gasteiger partial charge >= 0.3 is 0 Å². The molecule has 3 aliphatic rings. The number of fused-ring (bicyclic) bond motifs is 1. The van der Waals surface area contributed by atoms with E-state index in [0.29, 0.717) is 18.7 Å². The van der Waals surface area contributed by atoms with Crippen LogP contribution in [0.1, 0.15) is 44.5 Å². The highest BCUT2D eigenvalue weighted by Gasteiger charge is 2.48. The zero-order valence-electron chi connectivity index (χ0n) is 26.2. The van der Waals surface area contributed by atoms with Crippen LogP contribution in [0.5, 0.6) is 0 Å². The number of benzene rings is 1. The van der Waals surface area contributed by atoms with Crippen LogP contribution in [0.2, 0.25) is 0 Å². The summed E-state index contributed by atoms with van der Waals surface area (Å²) < 4.78 is 44.9. The van der Waals surface area contributed by atoms with Gasteiger partial charge in [0.05, 0.1) is 50.0 Å². The topological polar surface area (TPSA) is 136 Å². The van der Waals surface area contributed by atoms with E-state index < -0.39 is 21.6 Å². The Balaban J connectivity index is 0.000000818. The largest absolute Gasteiger partial charge is 0.394 e. The van der Waals surface area contributed by atoms with Crippen LogP contribution in [-0.4, -0.2) is 122 Å². The summed E-state index contributed by atoms with van der Waals surface area (Å²) in [4.78, 5) is 25.4. The van der Waals surface area contributed by atoms with E-state index in [1.807, 2.05) is 26.1 Å². The molecule has 244 valence electrons. The van der Waals surface area contributed by atoms with E-state index in [9.17, 15) is 22.7 Å². The Labute approximate surface area is 260 Å². The average Bonchev–Trinajstić information content (AvgIpc) is 3.17. The van der Waals surface area contributed by atoms with Crippen LogP contribution in [0.15, 0.2) is 36.5 Å². The molecule has 0 radical (unpaired) electrons. The van der Waals surface area contributed by atoms with E-state index >= 15 is 0 Å². The van der Waals surface area contributed by atoms with Crippen LogP contribution in [0.3, 0.4) is 0 Å². The van der Waals surface area contributed by atoms with Crippen LogP contribution in [0.25, 0.3) is 0 Å². The maximum atomic E-state index is 14.1. The van der Waals surface area contributed by atoms with Gasteiger partial charge in [0.1, 0.15) is 5.82 Å². The summed E-state index contributed by atoms with van der Waals surface area (Å²) in [6.45, 7) is 13.4. The number of anilines is 1. The lowest BCUT2D eigenvalue weighted by Crippen LogP contribution is -2.62. The van der Waals surface area contributed by atoms with Crippen LogP contribution in [0, 0.1) is 5.82 Å². The Morgan fingerprint density at radius 2 is 1.86 bits per heavy atom. The number of aromatic nitrogens is 1.